The second-order valence-electron chi connectivity index (χ2n) is 5.40. The summed E-state index contributed by atoms with van der Waals surface area (Å²) in [6, 6.07) is 6.95. The van der Waals surface area contributed by atoms with Crippen LogP contribution in [0.5, 0.6) is 5.75 Å². The molecule has 0 saturated heterocycles. The quantitative estimate of drug-likeness (QED) is 0.847. The van der Waals surface area contributed by atoms with E-state index in [1.165, 1.54) is 19.3 Å². The van der Waals surface area contributed by atoms with Crippen LogP contribution in [0.3, 0.4) is 0 Å². The fourth-order valence-electron chi connectivity index (χ4n) is 2.78. The molecule has 2 atom stereocenters. The zero-order valence-corrected chi connectivity index (χ0v) is 11.2. The van der Waals surface area contributed by atoms with Gasteiger partial charge < -0.3 is 10.1 Å². The first kappa shape index (κ1) is 14.3. The van der Waals surface area contributed by atoms with Gasteiger partial charge in [-0.2, -0.15) is 8.78 Å². The van der Waals surface area contributed by atoms with E-state index in [1.807, 2.05) is 12.1 Å². The van der Waals surface area contributed by atoms with Gasteiger partial charge in [-0.3, -0.25) is 0 Å². The maximum atomic E-state index is 12.3. The monoisotopic (exact) mass is 269 g/mol. The Balaban J connectivity index is 1.82. The molecule has 0 heterocycles. The summed E-state index contributed by atoms with van der Waals surface area (Å²) in [5, 5.41) is 3.35. The van der Waals surface area contributed by atoms with Gasteiger partial charge in [0.25, 0.3) is 0 Å². The fourth-order valence-corrected chi connectivity index (χ4v) is 2.78. The Morgan fingerprint density at radius 3 is 2.79 bits per heavy atom. The van der Waals surface area contributed by atoms with Gasteiger partial charge in [0.15, 0.2) is 0 Å². The van der Waals surface area contributed by atoms with E-state index in [9.17, 15) is 8.78 Å². The zero-order chi connectivity index (χ0) is 13.7. The lowest BCUT2D eigenvalue weighted by Crippen LogP contribution is -2.21. The van der Waals surface area contributed by atoms with Gasteiger partial charge in [0.05, 0.1) is 0 Å². The van der Waals surface area contributed by atoms with E-state index in [0.717, 1.165) is 23.9 Å². The standard InChI is InChI=1S/C15H21F2NO/c1-11-6-7-12(8-11)9-18-10-13-4-2-3-5-14(13)19-15(16)17/h2-5,11-12,15,18H,6-10H2,1H3. The highest BCUT2D eigenvalue weighted by molar-refractivity contribution is 5.33. The topological polar surface area (TPSA) is 21.3 Å². The van der Waals surface area contributed by atoms with E-state index in [1.54, 1.807) is 12.1 Å². The molecule has 0 amide bonds. The molecule has 1 aromatic rings. The summed E-state index contributed by atoms with van der Waals surface area (Å²) in [5.74, 6) is 1.81. The van der Waals surface area contributed by atoms with Crippen LogP contribution < -0.4 is 10.1 Å². The van der Waals surface area contributed by atoms with Crippen LogP contribution >= 0.6 is 0 Å². The van der Waals surface area contributed by atoms with Crippen LogP contribution in [0.15, 0.2) is 24.3 Å². The Hall–Kier alpha value is -1.16. The number of hydrogen-bond donors (Lipinski definition) is 1. The molecule has 2 rings (SSSR count). The Morgan fingerprint density at radius 2 is 2.11 bits per heavy atom. The Labute approximate surface area is 113 Å². The smallest absolute Gasteiger partial charge is 0.387 e. The number of rotatable bonds is 6. The van der Waals surface area contributed by atoms with Gasteiger partial charge in [-0.15, -0.1) is 0 Å². The molecule has 0 spiro atoms. The first-order valence-corrected chi connectivity index (χ1v) is 6.88. The second kappa shape index (κ2) is 6.85. The molecular formula is C15H21F2NO. The minimum absolute atomic E-state index is 0.268. The van der Waals surface area contributed by atoms with Gasteiger partial charge in [-0.25, -0.2) is 0 Å². The lowest BCUT2D eigenvalue weighted by Gasteiger charge is -2.14. The van der Waals surface area contributed by atoms with Gasteiger partial charge in [0.1, 0.15) is 5.75 Å². The third-order valence-electron chi connectivity index (χ3n) is 3.74. The van der Waals surface area contributed by atoms with Gasteiger partial charge in [-0.05, 0) is 37.3 Å². The van der Waals surface area contributed by atoms with Crippen molar-refractivity contribution in [2.45, 2.75) is 39.3 Å². The molecular weight excluding hydrogens is 248 g/mol. The van der Waals surface area contributed by atoms with Crippen LogP contribution in [0.2, 0.25) is 0 Å². The molecule has 0 aromatic heterocycles. The predicted molar refractivity (Wildman–Crippen MR) is 71.3 cm³/mol. The van der Waals surface area contributed by atoms with E-state index in [4.69, 9.17) is 0 Å². The summed E-state index contributed by atoms with van der Waals surface area (Å²) >= 11 is 0. The summed E-state index contributed by atoms with van der Waals surface area (Å²) in [7, 11) is 0. The average molecular weight is 269 g/mol. The van der Waals surface area contributed by atoms with Crippen LogP contribution in [-0.2, 0) is 6.54 Å². The number of para-hydroxylation sites is 1. The van der Waals surface area contributed by atoms with Crippen molar-refractivity contribution in [3.05, 3.63) is 29.8 Å². The number of halogens is 2. The summed E-state index contributed by atoms with van der Waals surface area (Å²) < 4.78 is 29.0. The van der Waals surface area contributed by atoms with Crippen molar-refractivity contribution in [3.8, 4) is 5.75 Å². The number of nitrogens with one attached hydrogen (secondary N) is 1. The summed E-state index contributed by atoms with van der Waals surface area (Å²) in [5.41, 5.74) is 0.786. The molecule has 1 aromatic carbocycles. The largest absolute Gasteiger partial charge is 0.434 e. The van der Waals surface area contributed by atoms with Crippen LogP contribution in [0.1, 0.15) is 31.7 Å². The van der Waals surface area contributed by atoms with Crippen molar-refractivity contribution in [1.29, 1.82) is 0 Å². The number of hydrogen-bond acceptors (Lipinski definition) is 2. The van der Waals surface area contributed by atoms with Gasteiger partial charge >= 0.3 is 6.61 Å². The third-order valence-corrected chi connectivity index (χ3v) is 3.74. The molecule has 0 radical (unpaired) electrons. The Bertz CT molecular complexity index is 397. The van der Waals surface area contributed by atoms with E-state index >= 15 is 0 Å². The van der Waals surface area contributed by atoms with Crippen molar-refractivity contribution >= 4 is 0 Å². The Kier molecular flexibility index (Phi) is 5.14. The average Bonchev–Trinajstić information content (AvgIpc) is 2.77. The van der Waals surface area contributed by atoms with E-state index in [0.29, 0.717) is 6.54 Å². The maximum Gasteiger partial charge on any atom is 0.387 e. The summed E-state index contributed by atoms with van der Waals surface area (Å²) in [4.78, 5) is 0. The predicted octanol–water partition coefficient (Wildman–Crippen LogP) is 3.81. The first-order valence-electron chi connectivity index (χ1n) is 6.88. The number of alkyl halides is 2. The maximum absolute atomic E-state index is 12.3. The van der Waals surface area contributed by atoms with Crippen LogP contribution in [-0.4, -0.2) is 13.2 Å². The van der Waals surface area contributed by atoms with Gasteiger partial charge in [0, 0.05) is 12.1 Å². The van der Waals surface area contributed by atoms with Gasteiger partial charge in [0.2, 0.25) is 0 Å². The van der Waals surface area contributed by atoms with E-state index < -0.39 is 6.61 Å². The summed E-state index contributed by atoms with van der Waals surface area (Å²) in [6.45, 7) is 1.05. The molecule has 1 aliphatic carbocycles. The van der Waals surface area contributed by atoms with Crippen molar-refractivity contribution in [3.63, 3.8) is 0 Å². The van der Waals surface area contributed by atoms with E-state index in [-0.39, 0.29) is 5.75 Å². The molecule has 1 fully saturated rings. The molecule has 106 valence electrons. The Morgan fingerprint density at radius 1 is 1.32 bits per heavy atom. The normalized spacial score (nSPS) is 22.9. The van der Waals surface area contributed by atoms with Crippen molar-refractivity contribution < 1.29 is 13.5 Å². The highest BCUT2D eigenvalue weighted by Gasteiger charge is 2.20. The van der Waals surface area contributed by atoms with E-state index in [2.05, 4.69) is 17.0 Å². The third kappa shape index (κ3) is 4.46. The molecule has 2 nitrogen and oxygen atoms in total. The van der Waals surface area contributed by atoms with Crippen LogP contribution in [0.4, 0.5) is 8.78 Å². The van der Waals surface area contributed by atoms with Crippen molar-refractivity contribution in [1.82, 2.24) is 5.32 Å². The minimum Gasteiger partial charge on any atom is -0.434 e. The molecule has 4 heteroatoms. The van der Waals surface area contributed by atoms with Crippen molar-refractivity contribution in [2.75, 3.05) is 6.54 Å². The lowest BCUT2D eigenvalue weighted by atomic mass is 10.1. The zero-order valence-electron chi connectivity index (χ0n) is 11.2. The molecule has 0 aliphatic heterocycles. The summed E-state index contributed by atoms with van der Waals surface area (Å²) in [6.07, 6.45) is 3.84. The highest BCUT2D eigenvalue weighted by Crippen LogP contribution is 2.29. The molecule has 1 aliphatic rings. The number of benzene rings is 1. The highest BCUT2D eigenvalue weighted by atomic mass is 19.3. The van der Waals surface area contributed by atoms with Gasteiger partial charge in [-0.1, -0.05) is 31.5 Å². The molecule has 0 bridgehead atoms. The van der Waals surface area contributed by atoms with Crippen LogP contribution in [0.25, 0.3) is 0 Å². The second-order valence-corrected chi connectivity index (χ2v) is 5.40. The fraction of sp³-hybridized carbons (Fsp3) is 0.600. The molecule has 19 heavy (non-hydrogen) atoms. The molecule has 1 N–H and O–H groups in total. The SMILES string of the molecule is CC1CCC(CNCc2ccccc2OC(F)F)C1. The minimum atomic E-state index is -2.77. The first-order chi connectivity index (χ1) is 9.15. The number of ether oxygens (including phenoxy) is 1. The van der Waals surface area contributed by atoms with Crippen LogP contribution in [0, 0.1) is 11.8 Å². The van der Waals surface area contributed by atoms with Crippen molar-refractivity contribution in [2.24, 2.45) is 11.8 Å². The lowest BCUT2D eigenvalue weighted by molar-refractivity contribution is -0.0505. The molecule has 2 unspecified atom stereocenters. The molecule has 1 saturated carbocycles.